The van der Waals surface area contributed by atoms with Gasteiger partial charge < -0.3 is 15.0 Å². The molecule has 162 valence electrons. The van der Waals surface area contributed by atoms with Crippen molar-refractivity contribution in [1.29, 1.82) is 0 Å². The van der Waals surface area contributed by atoms with Crippen LogP contribution < -0.4 is 10.1 Å². The van der Waals surface area contributed by atoms with Crippen LogP contribution >= 0.6 is 0 Å². The van der Waals surface area contributed by atoms with Gasteiger partial charge in [0, 0.05) is 51.4 Å². The van der Waals surface area contributed by atoms with E-state index in [0.717, 1.165) is 62.8 Å². The zero-order valence-corrected chi connectivity index (χ0v) is 18.2. The average Bonchev–Trinajstić information content (AvgIpc) is 3.35. The molecule has 1 aliphatic heterocycles. The normalized spacial score (nSPS) is 15.1. The highest BCUT2D eigenvalue weighted by Crippen LogP contribution is 2.18. The Balaban J connectivity index is 1.28. The third kappa shape index (κ3) is 5.87. The minimum Gasteiger partial charge on any atom is -0.490 e. The van der Waals surface area contributed by atoms with E-state index in [-0.39, 0.29) is 6.10 Å². The van der Waals surface area contributed by atoms with E-state index in [1.807, 2.05) is 47.3 Å². The molecule has 0 saturated carbocycles. The number of nitrogens with zero attached hydrogens (tertiary/aromatic N) is 4. The maximum absolute atomic E-state index is 6.13. The zero-order valence-electron chi connectivity index (χ0n) is 18.2. The van der Waals surface area contributed by atoms with Crippen molar-refractivity contribution in [3.63, 3.8) is 0 Å². The lowest BCUT2D eigenvalue weighted by atomic mass is 10.1. The number of likely N-dealkylation sites (tertiary alicyclic amines) is 1. The number of ether oxygens (including phenoxy) is 1. The monoisotopic (exact) mass is 417 g/mol. The molecule has 1 N–H and O–H groups in total. The summed E-state index contributed by atoms with van der Waals surface area (Å²) in [5, 5.41) is 7.73. The van der Waals surface area contributed by atoms with Crippen LogP contribution in [0.1, 0.15) is 25.3 Å². The Kier molecular flexibility index (Phi) is 7.21. The van der Waals surface area contributed by atoms with E-state index in [0.29, 0.717) is 0 Å². The van der Waals surface area contributed by atoms with Crippen molar-refractivity contribution >= 4 is 5.96 Å². The summed E-state index contributed by atoms with van der Waals surface area (Å²) in [5.74, 6) is 1.97. The van der Waals surface area contributed by atoms with E-state index >= 15 is 0 Å². The van der Waals surface area contributed by atoms with Gasteiger partial charge in [0.2, 0.25) is 0 Å². The minimum absolute atomic E-state index is 0.273. The number of benzene rings is 2. The van der Waals surface area contributed by atoms with Gasteiger partial charge in [-0.25, -0.2) is 4.68 Å². The predicted molar refractivity (Wildman–Crippen MR) is 125 cm³/mol. The van der Waals surface area contributed by atoms with Gasteiger partial charge in [-0.3, -0.25) is 4.99 Å². The second-order valence-corrected chi connectivity index (χ2v) is 7.72. The molecule has 2 aromatic carbocycles. The van der Waals surface area contributed by atoms with Crippen LogP contribution in [-0.4, -0.2) is 52.9 Å². The average molecular weight is 418 g/mol. The second kappa shape index (κ2) is 10.7. The summed E-state index contributed by atoms with van der Waals surface area (Å²) in [6, 6.07) is 20.6. The van der Waals surface area contributed by atoms with Crippen LogP contribution in [0.5, 0.6) is 5.75 Å². The van der Waals surface area contributed by atoms with Gasteiger partial charge in [0.15, 0.2) is 5.96 Å². The highest BCUT2D eigenvalue weighted by Gasteiger charge is 2.22. The highest BCUT2D eigenvalue weighted by atomic mass is 16.5. The predicted octanol–water partition coefficient (Wildman–Crippen LogP) is 3.92. The van der Waals surface area contributed by atoms with E-state index in [2.05, 4.69) is 46.5 Å². The molecule has 1 aromatic heterocycles. The van der Waals surface area contributed by atoms with Crippen molar-refractivity contribution in [1.82, 2.24) is 20.0 Å². The number of aliphatic imine (C=N–C) groups is 1. The quantitative estimate of drug-likeness (QED) is 0.468. The molecule has 0 bridgehead atoms. The number of hydrogen-bond acceptors (Lipinski definition) is 3. The smallest absolute Gasteiger partial charge is 0.193 e. The molecule has 0 spiro atoms. The van der Waals surface area contributed by atoms with Crippen LogP contribution in [0, 0.1) is 0 Å². The Morgan fingerprint density at radius 2 is 1.84 bits per heavy atom. The van der Waals surface area contributed by atoms with Crippen molar-refractivity contribution in [3.05, 3.63) is 78.6 Å². The second-order valence-electron chi connectivity index (χ2n) is 7.72. The first-order valence-corrected chi connectivity index (χ1v) is 11.2. The molecule has 6 nitrogen and oxygen atoms in total. The lowest BCUT2D eigenvalue weighted by Crippen LogP contribution is -2.47. The molecule has 1 aliphatic rings. The van der Waals surface area contributed by atoms with Gasteiger partial charge in [0.1, 0.15) is 11.9 Å². The molecule has 0 aliphatic carbocycles. The standard InChI is InChI=1S/C25H31N5O/c1-2-26-25(29-19-14-24(15-20-29)31-23-7-4-3-5-8-23)27-17-13-21-9-11-22(12-10-21)30-18-6-16-28-30/h3-12,16,18,24H,2,13-15,17,19-20H2,1H3,(H,26,27). The van der Waals surface area contributed by atoms with Gasteiger partial charge in [-0.2, -0.15) is 5.10 Å². The van der Waals surface area contributed by atoms with Gasteiger partial charge in [-0.15, -0.1) is 0 Å². The first-order chi connectivity index (χ1) is 15.3. The van der Waals surface area contributed by atoms with Gasteiger partial charge in [0.05, 0.1) is 5.69 Å². The Labute approximate surface area is 184 Å². The fourth-order valence-electron chi connectivity index (χ4n) is 3.83. The summed E-state index contributed by atoms with van der Waals surface area (Å²) in [5.41, 5.74) is 2.36. The molecule has 3 aromatic rings. The number of guanidine groups is 1. The molecule has 1 saturated heterocycles. The van der Waals surface area contributed by atoms with E-state index < -0.39 is 0 Å². The molecule has 1 fully saturated rings. The van der Waals surface area contributed by atoms with Crippen LogP contribution in [0.4, 0.5) is 0 Å². The van der Waals surface area contributed by atoms with Gasteiger partial charge in [-0.05, 0) is 49.2 Å². The van der Waals surface area contributed by atoms with Crippen LogP contribution in [0.25, 0.3) is 5.69 Å². The number of nitrogens with one attached hydrogen (secondary N) is 1. The van der Waals surface area contributed by atoms with Crippen LogP contribution in [0.15, 0.2) is 78.0 Å². The third-order valence-electron chi connectivity index (χ3n) is 5.49. The van der Waals surface area contributed by atoms with Crippen LogP contribution in [0.3, 0.4) is 0 Å². The summed E-state index contributed by atoms with van der Waals surface area (Å²) >= 11 is 0. The van der Waals surface area contributed by atoms with Crippen molar-refractivity contribution < 1.29 is 4.74 Å². The molecule has 4 rings (SSSR count). The van der Waals surface area contributed by atoms with Crippen molar-refractivity contribution in [2.75, 3.05) is 26.2 Å². The first kappa shape index (κ1) is 21.0. The molecule has 0 unspecified atom stereocenters. The van der Waals surface area contributed by atoms with Gasteiger partial charge >= 0.3 is 0 Å². The van der Waals surface area contributed by atoms with Crippen molar-refractivity contribution in [2.45, 2.75) is 32.3 Å². The molecule has 0 atom stereocenters. The maximum Gasteiger partial charge on any atom is 0.193 e. The van der Waals surface area contributed by atoms with Crippen LogP contribution in [0.2, 0.25) is 0 Å². The Morgan fingerprint density at radius 1 is 1.06 bits per heavy atom. The summed E-state index contributed by atoms with van der Waals surface area (Å²) in [4.78, 5) is 7.24. The van der Waals surface area contributed by atoms with E-state index in [9.17, 15) is 0 Å². The molecule has 31 heavy (non-hydrogen) atoms. The lowest BCUT2D eigenvalue weighted by Gasteiger charge is -2.34. The summed E-state index contributed by atoms with van der Waals surface area (Å²) in [7, 11) is 0. The molecule has 2 heterocycles. The zero-order chi connectivity index (χ0) is 21.3. The van der Waals surface area contributed by atoms with Gasteiger partial charge in [-0.1, -0.05) is 30.3 Å². The summed E-state index contributed by atoms with van der Waals surface area (Å²) < 4.78 is 8.00. The highest BCUT2D eigenvalue weighted by molar-refractivity contribution is 5.80. The number of hydrogen-bond donors (Lipinski definition) is 1. The first-order valence-electron chi connectivity index (χ1n) is 11.2. The van der Waals surface area contributed by atoms with Crippen molar-refractivity contribution in [2.24, 2.45) is 4.99 Å². The van der Waals surface area contributed by atoms with E-state index in [1.54, 1.807) is 6.20 Å². The SMILES string of the molecule is CCNC(=NCCc1ccc(-n2cccn2)cc1)N1CCC(Oc2ccccc2)CC1. The molecule has 0 amide bonds. The summed E-state index contributed by atoms with van der Waals surface area (Å²) in [6.07, 6.45) is 6.96. The maximum atomic E-state index is 6.13. The Morgan fingerprint density at radius 3 is 2.52 bits per heavy atom. The largest absolute Gasteiger partial charge is 0.490 e. The minimum atomic E-state index is 0.273. The number of aromatic nitrogens is 2. The van der Waals surface area contributed by atoms with E-state index in [4.69, 9.17) is 9.73 Å². The number of para-hydroxylation sites is 1. The Bertz CT molecular complexity index is 930. The molecular formula is C25H31N5O. The molecular weight excluding hydrogens is 386 g/mol. The number of piperidine rings is 1. The topological polar surface area (TPSA) is 54.7 Å². The third-order valence-corrected chi connectivity index (χ3v) is 5.49. The van der Waals surface area contributed by atoms with E-state index in [1.165, 1.54) is 5.56 Å². The fraction of sp³-hybridized carbons (Fsp3) is 0.360. The van der Waals surface area contributed by atoms with Gasteiger partial charge in [0.25, 0.3) is 0 Å². The van der Waals surface area contributed by atoms with Crippen LogP contribution in [-0.2, 0) is 6.42 Å². The molecule has 0 radical (unpaired) electrons. The Hall–Kier alpha value is -3.28. The number of rotatable bonds is 7. The van der Waals surface area contributed by atoms with Crippen molar-refractivity contribution in [3.8, 4) is 11.4 Å². The molecule has 6 heteroatoms. The fourth-order valence-corrected chi connectivity index (χ4v) is 3.83. The lowest BCUT2D eigenvalue weighted by molar-refractivity contribution is 0.129. The summed E-state index contributed by atoms with van der Waals surface area (Å²) in [6.45, 7) is 5.68.